The van der Waals surface area contributed by atoms with Crippen LogP contribution in [0.3, 0.4) is 0 Å². The number of benzene rings is 2. The number of anilines is 1. The molecule has 0 saturated carbocycles. The number of carbonyl (C=O) groups is 1. The predicted octanol–water partition coefficient (Wildman–Crippen LogP) is 3.38. The van der Waals surface area contributed by atoms with Crippen LogP contribution in [0.4, 0.5) is 14.6 Å². The number of hydrogen-bond acceptors (Lipinski definition) is 4. The van der Waals surface area contributed by atoms with Crippen molar-refractivity contribution < 1.29 is 13.6 Å². The highest BCUT2D eigenvalue weighted by Gasteiger charge is 2.08. The third kappa shape index (κ3) is 5.84. The molecule has 0 spiro atoms. The van der Waals surface area contributed by atoms with E-state index in [0.29, 0.717) is 31.7 Å². The van der Waals surface area contributed by atoms with Crippen LogP contribution in [-0.2, 0) is 12.8 Å². The van der Waals surface area contributed by atoms with Crippen molar-refractivity contribution in [3.05, 3.63) is 89.1 Å². The van der Waals surface area contributed by atoms with Crippen LogP contribution >= 0.6 is 0 Å². The van der Waals surface area contributed by atoms with Gasteiger partial charge in [0.05, 0.1) is 0 Å². The Labute approximate surface area is 161 Å². The summed E-state index contributed by atoms with van der Waals surface area (Å²) in [6.07, 6.45) is 1.32. The maximum absolute atomic E-state index is 12.9. The van der Waals surface area contributed by atoms with E-state index in [1.807, 2.05) is 0 Å². The fourth-order valence-electron chi connectivity index (χ4n) is 2.60. The average molecular weight is 382 g/mol. The molecule has 3 rings (SSSR count). The van der Waals surface area contributed by atoms with Crippen molar-refractivity contribution in [3.8, 4) is 0 Å². The van der Waals surface area contributed by atoms with Crippen molar-refractivity contribution in [2.75, 3.05) is 18.4 Å². The summed E-state index contributed by atoms with van der Waals surface area (Å²) in [6.45, 7) is 1.04. The Kier molecular flexibility index (Phi) is 6.62. The Bertz CT molecular complexity index is 897. The molecule has 3 aromatic rings. The molecule has 0 aliphatic heterocycles. The van der Waals surface area contributed by atoms with Crippen molar-refractivity contribution in [2.45, 2.75) is 12.8 Å². The molecule has 7 heteroatoms. The van der Waals surface area contributed by atoms with E-state index in [4.69, 9.17) is 0 Å². The van der Waals surface area contributed by atoms with Gasteiger partial charge in [0, 0.05) is 13.1 Å². The van der Waals surface area contributed by atoms with E-state index < -0.39 is 0 Å². The van der Waals surface area contributed by atoms with E-state index >= 15 is 0 Å². The fourth-order valence-corrected chi connectivity index (χ4v) is 2.60. The molecule has 2 aromatic carbocycles. The first-order valence-electron chi connectivity index (χ1n) is 8.95. The minimum Gasteiger partial charge on any atom is -0.368 e. The second kappa shape index (κ2) is 9.55. The molecule has 144 valence electrons. The SMILES string of the molecule is O=C(NCCc1ccc(F)cc1)c1ccc(NCCc2ccc(F)cc2)nn1. The van der Waals surface area contributed by atoms with Crippen molar-refractivity contribution in [1.29, 1.82) is 0 Å². The molecule has 0 atom stereocenters. The average Bonchev–Trinajstić information content (AvgIpc) is 2.71. The molecule has 1 heterocycles. The largest absolute Gasteiger partial charge is 0.368 e. The third-order valence-electron chi connectivity index (χ3n) is 4.14. The van der Waals surface area contributed by atoms with Gasteiger partial charge in [0.2, 0.25) is 0 Å². The number of nitrogens with zero attached hydrogens (tertiary/aromatic N) is 2. The van der Waals surface area contributed by atoms with E-state index in [2.05, 4.69) is 20.8 Å². The summed E-state index contributed by atoms with van der Waals surface area (Å²) >= 11 is 0. The minimum atomic E-state index is -0.313. The van der Waals surface area contributed by atoms with Crippen LogP contribution in [-0.4, -0.2) is 29.2 Å². The summed E-state index contributed by atoms with van der Waals surface area (Å²) < 4.78 is 25.7. The van der Waals surface area contributed by atoms with Crippen LogP contribution in [0.2, 0.25) is 0 Å². The number of amides is 1. The number of rotatable bonds is 8. The monoisotopic (exact) mass is 382 g/mol. The Hall–Kier alpha value is -3.35. The van der Waals surface area contributed by atoms with Crippen LogP contribution in [0.5, 0.6) is 0 Å². The second-order valence-corrected chi connectivity index (χ2v) is 6.24. The van der Waals surface area contributed by atoms with Crippen molar-refractivity contribution in [1.82, 2.24) is 15.5 Å². The van der Waals surface area contributed by atoms with Crippen molar-refractivity contribution >= 4 is 11.7 Å². The van der Waals surface area contributed by atoms with Gasteiger partial charge in [-0.3, -0.25) is 4.79 Å². The van der Waals surface area contributed by atoms with Gasteiger partial charge in [0.1, 0.15) is 17.5 Å². The van der Waals surface area contributed by atoms with Crippen molar-refractivity contribution in [2.24, 2.45) is 0 Å². The second-order valence-electron chi connectivity index (χ2n) is 6.24. The molecule has 0 fully saturated rings. The summed E-state index contributed by atoms with van der Waals surface area (Å²) in [6, 6.07) is 15.8. The zero-order chi connectivity index (χ0) is 19.8. The lowest BCUT2D eigenvalue weighted by Gasteiger charge is -2.07. The number of carbonyl (C=O) groups excluding carboxylic acids is 1. The molecule has 0 saturated heterocycles. The van der Waals surface area contributed by atoms with Crippen LogP contribution in [0.15, 0.2) is 60.7 Å². The Balaban J connectivity index is 1.42. The summed E-state index contributed by atoms with van der Waals surface area (Å²) in [4.78, 5) is 12.1. The zero-order valence-electron chi connectivity index (χ0n) is 15.2. The quantitative estimate of drug-likeness (QED) is 0.627. The van der Waals surface area contributed by atoms with E-state index in [1.54, 1.807) is 36.4 Å². The molecule has 0 radical (unpaired) electrons. The van der Waals surface area contributed by atoms with Crippen LogP contribution in [0.1, 0.15) is 21.6 Å². The maximum Gasteiger partial charge on any atom is 0.271 e. The molecular formula is C21H20F2N4O. The molecule has 2 N–H and O–H groups in total. The van der Waals surface area contributed by atoms with Gasteiger partial charge >= 0.3 is 0 Å². The molecular weight excluding hydrogens is 362 g/mol. The lowest BCUT2D eigenvalue weighted by Crippen LogP contribution is -2.26. The molecule has 0 aliphatic rings. The first-order chi connectivity index (χ1) is 13.6. The molecule has 0 unspecified atom stereocenters. The Morgan fingerprint density at radius 3 is 1.86 bits per heavy atom. The lowest BCUT2D eigenvalue weighted by molar-refractivity contribution is 0.0948. The minimum absolute atomic E-state index is 0.225. The number of hydrogen-bond donors (Lipinski definition) is 2. The Morgan fingerprint density at radius 2 is 1.32 bits per heavy atom. The molecule has 28 heavy (non-hydrogen) atoms. The van der Waals surface area contributed by atoms with E-state index in [-0.39, 0.29) is 23.2 Å². The highest BCUT2D eigenvalue weighted by molar-refractivity contribution is 5.92. The topological polar surface area (TPSA) is 66.9 Å². The summed E-state index contributed by atoms with van der Waals surface area (Å²) in [5, 5.41) is 13.8. The van der Waals surface area contributed by atoms with Gasteiger partial charge in [-0.2, -0.15) is 0 Å². The standard InChI is InChI=1S/C21H20F2N4O/c22-17-5-1-15(2-6-17)11-13-24-20-10-9-19(26-27-20)21(28)25-14-12-16-3-7-18(23)8-4-16/h1-10H,11-14H2,(H,24,27)(H,25,28). The predicted molar refractivity (Wildman–Crippen MR) is 103 cm³/mol. The highest BCUT2D eigenvalue weighted by atomic mass is 19.1. The van der Waals surface area contributed by atoms with Gasteiger partial charge in [0.25, 0.3) is 5.91 Å². The van der Waals surface area contributed by atoms with Gasteiger partial charge in [-0.25, -0.2) is 8.78 Å². The molecule has 5 nitrogen and oxygen atoms in total. The van der Waals surface area contributed by atoms with E-state index in [0.717, 1.165) is 11.1 Å². The van der Waals surface area contributed by atoms with E-state index in [1.165, 1.54) is 24.3 Å². The molecule has 1 amide bonds. The van der Waals surface area contributed by atoms with Gasteiger partial charge in [-0.05, 0) is 60.4 Å². The third-order valence-corrected chi connectivity index (χ3v) is 4.14. The van der Waals surface area contributed by atoms with E-state index in [9.17, 15) is 13.6 Å². The number of nitrogens with one attached hydrogen (secondary N) is 2. The van der Waals surface area contributed by atoms with Gasteiger partial charge < -0.3 is 10.6 Å². The van der Waals surface area contributed by atoms with Crippen LogP contribution in [0.25, 0.3) is 0 Å². The fraction of sp³-hybridized carbons (Fsp3) is 0.190. The van der Waals surface area contributed by atoms with Gasteiger partial charge in [0.15, 0.2) is 5.69 Å². The Morgan fingerprint density at radius 1 is 0.750 bits per heavy atom. The maximum atomic E-state index is 12.9. The molecule has 0 aliphatic carbocycles. The first kappa shape index (κ1) is 19.4. The van der Waals surface area contributed by atoms with Crippen LogP contribution < -0.4 is 10.6 Å². The smallest absolute Gasteiger partial charge is 0.271 e. The highest BCUT2D eigenvalue weighted by Crippen LogP contribution is 2.06. The number of halogens is 2. The lowest BCUT2D eigenvalue weighted by atomic mass is 10.1. The molecule has 0 bridgehead atoms. The summed E-state index contributed by atoms with van der Waals surface area (Å²) in [7, 11) is 0. The molecule has 1 aromatic heterocycles. The van der Waals surface area contributed by atoms with Crippen LogP contribution in [0, 0.1) is 11.6 Å². The normalized spacial score (nSPS) is 10.5. The number of aromatic nitrogens is 2. The summed E-state index contributed by atoms with van der Waals surface area (Å²) in [5.41, 5.74) is 2.18. The first-order valence-corrected chi connectivity index (χ1v) is 8.95. The van der Waals surface area contributed by atoms with Gasteiger partial charge in [-0.1, -0.05) is 24.3 Å². The van der Waals surface area contributed by atoms with Gasteiger partial charge in [-0.15, -0.1) is 10.2 Å². The zero-order valence-corrected chi connectivity index (χ0v) is 15.2. The van der Waals surface area contributed by atoms with Crippen molar-refractivity contribution in [3.63, 3.8) is 0 Å². The summed E-state index contributed by atoms with van der Waals surface area (Å²) in [5.74, 6) is -0.291.